The Kier molecular flexibility index (Phi) is 8.87. The molecule has 200 valence electrons. The van der Waals surface area contributed by atoms with Crippen LogP contribution in [0.25, 0.3) is 0 Å². The zero-order valence-corrected chi connectivity index (χ0v) is 23.4. The number of nitro benzene ring substituents is 1. The molecule has 6 heteroatoms. The molecule has 4 aromatic rings. The van der Waals surface area contributed by atoms with Crippen molar-refractivity contribution in [2.45, 2.75) is 50.3 Å². The fourth-order valence-corrected chi connectivity index (χ4v) is 5.49. The van der Waals surface area contributed by atoms with Crippen LogP contribution in [0.1, 0.15) is 61.4 Å². The molecule has 0 aliphatic heterocycles. The third-order valence-corrected chi connectivity index (χ3v) is 7.20. The molecular formula is C33H33NO4S. The second-order valence-corrected chi connectivity index (χ2v) is 10.5. The van der Waals surface area contributed by atoms with Crippen molar-refractivity contribution in [2.75, 3.05) is 0 Å². The standard InChI is InChI=1S/C33H33NO4S/c1-4-11-31(35)38-32-28(22-23(2)3)29(20-21-30(32)39)33(24-12-7-5-8-13-24,25-14-9-6-10-15-25)26-16-18-27(19-17-26)34(36)37/h5-10,12-21,23,39H,4,11,22H2,1-3H3. The maximum atomic E-state index is 12.8. The van der Waals surface area contributed by atoms with Crippen LogP contribution in [-0.4, -0.2) is 10.9 Å². The summed E-state index contributed by atoms with van der Waals surface area (Å²) < 4.78 is 6.01. The Balaban J connectivity index is 2.15. The Bertz CT molecular complexity index is 1390. The van der Waals surface area contributed by atoms with Crippen LogP contribution >= 0.6 is 12.6 Å². The quantitative estimate of drug-likeness (QED) is 0.0551. The first-order valence-electron chi connectivity index (χ1n) is 13.2. The summed E-state index contributed by atoms with van der Waals surface area (Å²) in [7, 11) is 0. The molecule has 0 spiro atoms. The van der Waals surface area contributed by atoms with Crippen LogP contribution < -0.4 is 4.74 Å². The molecule has 0 heterocycles. The van der Waals surface area contributed by atoms with E-state index in [1.165, 1.54) is 0 Å². The van der Waals surface area contributed by atoms with E-state index in [-0.39, 0.29) is 22.5 Å². The third kappa shape index (κ3) is 5.76. The highest BCUT2D eigenvalue weighted by molar-refractivity contribution is 7.80. The van der Waals surface area contributed by atoms with Crippen LogP contribution in [0.2, 0.25) is 0 Å². The van der Waals surface area contributed by atoms with Crippen molar-refractivity contribution in [3.05, 3.63) is 135 Å². The smallest absolute Gasteiger partial charge is 0.311 e. The summed E-state index contributed by atoms with van der Waals surface area (Å²) in [4.78, 5) is 24.5. The summed E-state index contributed by atoms with van der Waals surface area (Å²) in [5.74, 6) is 0.431. The summed E-state index contributed by atoms with van der Waals surface area (Å²) in [6.45, 7) is 6.20. The summed E-state index contributed by atoms with van der Waals surface area (Å²) >= 11 is 4.72. The number of hydrogen-bond donors (Lipinski definition) is 1. The SMILES string of the molecule is CCCC(=O)Oc1c(S)ccc(C(c2ccccc2)(c2ccccc2)c2ccc([N+](=O)[O-])cc2)c1CC(C)C. The number of rotatable bonds is 10. The van der Waals surface area contributed by atoms with Gasteiger partial charge in [0.25, 0.3) is 5.69 Å². The van der Waals surface area contributed by atoms with E-state index in [0.29, 0.717) is 29.9 Å². The number of hydrogen-bond acceptors (Lipinski definition) is 5. The molecule has 0 atom stereocenters. The predicted molar refractivity (Wildman–Crippen MR) is 158 cm³/mol. The van der Waals surface area contributed by atoms with Gasteiger partial charge in [-0.3, -0.25) is 14.9 Å². The molecule has 0 unspecified atom stereocenters. The fraction of sp³-hybridized carbons (Fsp3) is 0.242. The first-order valence-corrected chi connectivity index (χ1v) is 13.7. The van der Waals surface area contributed by atoms with Gasteiger partial charge in [-0.15, -0.1) is 12.6 Å². The van der Waals surface area contributed by atoms with Crippen LogP contribution in [0, 0.1) is 16.0 Å². The monoisotopic (exact) mass is 539 g/mol. The highest BCUT2D eigenvalue weighted by Gasteiger charge is 2.41. The van der Waals surface area contributed by atoms with Gasteiger partial charge in [-0.05, 0) is 47.1 Å². The fourth-order valence-electron chi connectivity index (χ4n) is 5.24. The number of thiol groups is 1. The number of non-ortho nitro benzene ring substituents is 1. The van der Waals surface area contributed by atoms with Gasteiger partial charge < -0.3 is 4.74 Å². The van der Waals surface area contributed by atoms with Gasteiger partial charge in [-0.2, -0.15) is 0 Å². The number of ether oxygens (including phenoxy) is 1. The van der Waals surface area contributed by atoms with Crippen molar-refractivity contribution in [2.24, 2.45) is 5.92 Å². The zero-order valence-electron chi connectivity index (χ0n) is 22.5. The van der Waals surface area contributed by atoms with Gasteiger partial charge in [0.2, 0.25) is 0 Å². The molecule has 0 fully saturated rings. The molecule has 4 aromatic carbocycles. The van der Waals surface area contributed by atoms with Crippen molar-refractivity contribution < 1.29 is 14.5 Å². The molecule has 0 saturated heterocycles. The number of carbonyl (C=O) groups is 1. The highest BCUT2D eigenvalue weighted by Crippen LogP contribution is 2.49. The number of benzene rings is 4. The van der Waals surface area contributed by atoms with E-state index in [1.54, 1.807) is 12.1 Å². The highest BCUT2D eigenvalue weighted by atomic mass is 32.1. The molecule has 0 N–H and O–H groups in total. The number of esters is 1. The minimum atomic E-state index is -0.852. The molecule has 0 aromatic heterocycles. The van der Waals surface area contributed by atoms with E-state index < -0.39 is 5.41 Å². The lowest BCUT2D eigenvalue weighted by atomic mass is 9.63. The van der Waals surface area contributed by atoms with Crippen LogP contribution in [0.3, 0.4) is 0 Å². The Morgan fingerprint density at radius 3 is 1.90 bits per heavy atom. The van der Waals surface area contributed by atoms with Crippen LogP contribution in [0.15, 0.2) is 102 Å². The van der Waals surface area contributed by atoms with Crippen LogP contribution in [0.5, 0.6) is 5.75 Å². The summed E-state index contributed by atoms with van der Waals surface area (Å²) in [6, 6.07) is 30.9. The maximum absolute atomic E-state index is 12.8. The third-order valence-electron chi connectivity index (χ3n) is 6.85. The summed E-state index contributed by atoms with van der Waals surface area (Å²) in [5, 5.41) is 11.5. The van der Waals surface area contributed by atoms with Crippen molar-refractivity contribution in [3.63, 3.8) is 0 Å². The molecule has 0 aliphatic carbocycles. The Labute approximate surface area is 235 Å². The Morgan fingerprint density at radius 1 is 0.872 bits per heavy atom. The summed E-state index contributed by atoms with van der Waals surface area (Å²) in [5.41, 5.74) is 3.87. The normalized spacial score (nSPS) is 11.4. The van der Waals surface area contributed by atoms with Crippen LogP contribution in [0.4, 0.5) is 5.69 Å². The van der Waals surface area contributed by atoms with Crippen LogP contribution in [-0.2, 0) is 16.6 Å². The van der Waals surface area contributed by atoms with Crippen molar-refractivity contribution in [1.29, 1.82) is 0 Å². The first kappa shape index (κ1) is 28.1. The Morgan fingerprint density at radius 2 is 1.41 bits per heavy atom. The second-order valence-electron chi connectivity index (χ2n) is 10.0. The minimum Gasteiger partial charge on any atom is -0.425 e. The predicted octanol–water partition coefficient (Wildman–Crippen LogP) is 8.17. The lowest BCUT2D eigenvalue weighted by Crippen LogP contribution is -2.33. The molecule has 0 aliphatic rings. The van der Waals surface area contributed by atoms with E-state index in [4.69, 9.17) is 17.4 Å². The van der Waals surface area contributed by atoms with Gasteiger partial charge in [-0.25, -0.2) is 0 Å². The van der Waals surface area contributed by atoms with E-state index in [9.17, 15) is 14.9 Å². The van der Waals surface area contributed by atoms with Crippen molar-refractivity contribution in [1.82, 2.24) is 0 Å². The Hall–Kier alpha value is -3.90. The van der Waals surface area contributed by atoms with E-state index in [0.717, 1.165) is 27.8 Å². The molecule has 0 radical (unpaired) electrons. The number of nitro groups is 1. The zero-order chi connectivity index (χ0) is 28.0. The minimum absolute atomic E-state index is 0.0241. The average Bonchev–Trinajstić information content (AvgIpc) is 2.93. The van der Waals surface area contributed by atoms with Gasteiger partial charge >= 0.3 is 5.97 Å². The summed E-state index contributed by atoms with van der Waals surface area (Å²) in [6.07, 6.45) is 1.64. The lowest BCUT2D eigenvalue weighted by molar-refractivity contribution is -0.384. The molecule has 0 bridgehead atoms. The molecule has 4 rings (SSSR count). The average molecular weight is 540 g/mol. The molecular weight excluding hydrogens is 506 g/mol. The largest absolute Gasteiger partial charge is 0.425 e. The number of nitrogens with zero attached hydrogens (tertiary/aromatic N) is 1. The van der Waals surface area contributed by atoms with E-state index in [2.05, 4.69) is 44.2 Å². The lowest BCUT2D eigenvalue weighted by Gasteiger charge is -2.39. The number of carbonyl (C=O) groups excluding carboxylic acids is 1. The van der Waals surface area contributed by atoms with Crippen molar-refractivity contribution >= 4 is 24.3 Å². The van der Waals surface area contributed by atoms with Gasteiger partial charge in [0.1, 0.15) is 5.75 Å². The molecule has 0 amide bonds. The van der Waals surface area contributed by atoms with E-state index >= 15 is 0 Å². The second kappa shape index (κ2) is 12.3. The van der Waals surface area contributed by atoms with Gasteiger partial charge in [-0.1, -0.05) is 99.6 Å². The van der Waals surface area contributed by atoms with Crippen molar-refractivity contribution in [3.8, 4) is 5.75 Å². The molecule has 39 heavy (non-hydrogen) atoms. The first-order chi connectivity index (χ1) is 18.8. The molecule has 0 saturated carbocycles. The van der Waals surface area contributed by atoms with E-state index in [1.807, 2.05) is 61.5 Å². The topological polar surface area (TPSA) is 69.4 Å². The molecule has 5 nitrogen and oxygen atoms in total. The van der Waals surface area contributed by atoms with Gasteiger partial charge in [0.15, 0.2) is 0 Å². The van der Waals surface area contributed by atoms with Gasteiger partial charge in [0, 0.05) is 29.0 Å². The van der Waals surface area contributed by atoms with Gasteiger partial charge in [0.05, 0.1) is 10.3 Å². The maximum Gasteiger partial charge on any atom is 0.311 e.